The molecule has 1 aromatic heterocycles. The van der Waals surface area contributed by atoms with Crippen LogP contribution in [0.1, 0.15) is 24.5 Å². The minimum absolute atomic E-state index is 0. The predicted octanol–water partition coefficient (Wildman–Crippen LogP) is 0.861. The normalized spacial score (nSPS) is 16.6. The molecule has 1 aliphatic heterocycles. The van der Waals surface area contributed by atoms with Crippen molar-refractivity contribution in [3.8, 4) is 0 Å². The first-order valence-corrected chi connectivity index (χ1v) is 5.93. The Morgan fingerprint density at radius 1 is 1.35 bits per heavy atom. The zero-order valence-corrected chi connectivity index (χ0v) is 11.3. The fourth-order valence-corrected chi connectivity index (χ4v) is 1.90. The number of hydrogen-bond acceptors (Lipinski definition) is 4. The number of rotatable bonds is 3. The van der Waals surface area contributed by atoms with Gasteiger partial charge >= 0.3 is 6.18 Å². The molecule has 10 heteroatoms. The standard InChI is InChI=1S/C10H14F3N5O.ClH/c11-10(12,13)9-16-7(17-18-9)5-15-8(19)6-1-3-14-4-2-6;/h6,14H,1-5H2,(H,15,19)(H,16,17,18);1H. The van der Waals surface area contributed by atoms with Crippen molar-refractivity contribution in [1.29, 1.82) is 0 Å². The first kappa shape index (κ1) is 16.7. The van der Waals surface area contributed by atoms with Crippen LogP contribution >= 0.6 is 12.4 Å². The molecule has 1 saturated heterocycles. The maximum absolute atomic E-state index is 12.3. The van der Waals surface area contributed by atoms with Crippen LogP contribution in [0.2, 0.25) is 0 Å². The number of carbonyl (C=O) groups excluding carboxylic acids is 1. The third kappa shape index (κ3) is 4.34. The van der Waals surface area contributed by atoms with E-state index in [0.29, 0.717) is 0 Å². The van der Waals surface area contributed by atoms with Gasteiger partial charge in [0.15, 0.2) is 0 Å². The van der Waals surface area contributed by atoms with Crippen LogP contribution in [-0.4, -0.2) is 34.2 Å². The third-order valence-electron chi connectivity index (χ3n) is 2.93. The third-order valence-corrected chi connectivity index (χ3v) is 2.93. The molecule has 0 aromatic carbocycles. The van der Waals surface area contributed by atoms with Gasteiger partial charge in [-0.25, -0.2) is 4.98 Å². The van der Waals surface area contributed by atoms with Crippen LogP contribution in [0.5, 0.6) is 0 Å². The second-order valence-electron chi connectivity index (χ2n) is 4.35. The smallest absolute Gasteiger partial charge is 0.349 e. The summed E-state index contributed by atoms with van der Waals surface area (Å²) in [5, 5.41) is 10.9. The molecular weight excluding hydrogens is 299 g/mol. The number of piperidine rings is 1. The van der Waals surface area contributed by atoms with Gasteiger partial charge in [0.05, 0.1) is 6.54 Å². The highest BCUT2D eigenvalue weighted by Gasteiger charge is 2.36. The molecule has 6 nitrogen and oxygen atoms in total. The van der Waals surface area contributed by atoms with E-state index < -0.39 is 12.0 Å². The Bertz CT molecular complexity index is 444. The van der Waals surface area contributed by atoms with Crippen molar-refractivity contribution in [1.82, 2.24) is 25.8 Å². The van der Waals surface area contributed by atoms with E-state index in [-0.39, 0.29) is 36.6 Å². The van der Waals surface area contributed by atoms with E-state index in [2.05, 4.69) is 25.8 Å². The molecular formula is C10H15ClF3N5O. The van der Waals surface area contributed by atoms with Crippen LogP contribution in [0.25, 0.3) is 0 Å². The number of hydrogen-bond donors (Lipinski definition) is 3. The van der Waals surface area contributed by atoms with Gasteiger partial charge in [-0.15, -0.1) is 17.5 Å². The Hall–Kier alpha value is -1.35. The number of carbonyl (C=O) groups is 1. The molecule has 3 N–H and O–H groups in total. The molecule has 0 spiro atoms. The van der Waals surface area contributed by atoms with E-state index in [1.54, 1.807) is 0 Å². The van der Waals surface area contributed by atoms with Crippen LogP contribution in [0.15, 0.2) is 0 Å². The molecule has 0 aliphatic carbocycles. The molecule has 0 radical (unpaired) electrons. The van der Waals surface area contributed by atoms with Gasteiger partial charge in [0, 0.05) is 5.92 Å². The largest absolute Gasteiger partial charge is 0.453 e. The lowest BCUT2D eigenvalue weighted by atomic mass is 9.97. The predicted molar refractivity (Wildman–Crippen MR) is 66.1 cm³/mol. The molecule has 1 amide bonds. The maximum Gasteiger partial charge on any atom is 0.453 e. The topological polar surface area (TPSA) is 82.7 Å². The Kier molecular flexibility index (Phi) is 5.75. The minimum atomic E-state index is -4.58. The summed E-state index contributed by atoms with van der Waals surface area (Å²) < 4.78 is 36.8. The monoisotopic (exact) mass is 313 g/mol. The van der Waals surface area contributed by atoms with E-state index in [4.69, 9.17) is 0 Å². The van der Waals surface area contributed by atoms with Gasteiger partial charge in [-0.3, -0.25) is 9.89 Å². The Morgan fingerprint density at radius 2 is 2.00 bits per heavy atom. The van der Waals surface area contributed by atoms with Crippen LogP contribution in [0.4, 0.5) is 13.2 Å². The average Bonchev–Trinajstić information content (AvgIpc) is 2.86. The van der Waals surface area contributed by atoms with Crippen molar-refractivity contribution in [3.63, 3.8) is 0 Å². The number of nitrogens with zero attached hydrogens (tertiary/aromatic N) is 2. The summed E-state index contributed by atoms with van der Waals surface area (Å²) in [6.07, 6.45) is -3.11. The van der Waals surface area contributed by atoms with Crippen molar-refractivity contribution < 1.29 is 18.0 Å². The van der Waals surface area contributed by atoms with Gasteiger partial charge in [-0.2, -0.15) is 13.2 Å². The lowest BCUT2D eigenvalue weighted by Crippen LogP contribution is -2.38. The van der Waals surface area contributed by atoms with Crippen LogP contribution in [0.3, 0.4) is 0 Å². The Balaban J connectivity index is 0.00000200. The summed E-state index contributed by atoms with van der Waals surface area (Å²) in [5.41, 5.74) is 0. The van der Waals surface area contributed by atoms with Crippen molar-refractivity contribution in [3.05, 3.63) is 11.6 Å². The molecule has 0 unspecified atom stereocenters. The Labute approximate surface area is 119 Å². The highest BCUT2D eigenvalue weighted by atomic mass is 35.5. The van der Waals surface area contributed by atoms with Crippen LogP contribution in [-0.2, 0) is 17.5 Å². The highest BCUT2D eigenvalue weighted by Crippen LogP contribution is 2.25. The van der Waals surface area contributed by atoms with Gasteiger partial charge in [0.25, 0.3) is 5.82 Å². The van der Waals surface area contributed by atoms with Crippen molar-refractivity contribution in [2.75, 3.05) is 13.1 Å². The summed E-state index contributed by atoms with van der Waals surface area (Å²) in [6.45, 7) is 1.48. The SMILES string of the molecule is Cl.O=C(NCc1nc(C(F)(F)F)n[nH]1)C1CCNCC1. The molecule has 1 aliphatic rings. The molecule has 0 saturated carbocycles. The number of alkyl halides is 3. The molecule has 2 heterocycles. The van der Waals surface area contributed by atoms with E-state index in [0.717, 1.165) is 25.9 Å². The lowest BCUT2D eigenvalue weighted by molar-refractivity contribution is -0.144. The fourth-order valence-electron chi connectivity index (χ4n) is 1.90. The molecule has 114 valence electrons. The van der Waals surface area contributed by atoms with Gasteiger partial charge in [0.1, 0.15) is 5.82 Å². The summed E-state index contributed by atoms with van der Waals surface area (Å²) in [5.74, 6) is -1.48. The number of halogens is 4. The van der Waals surface area contributed by atoms with Gasteiger partial charge in [0.2, 0.25) is 5.91 Å². The van der Waals surface area contributed by atoms with Gasteiger partial charge < -0.3 is 10.6 Å². The van der Waals surface area contributed by atoms with Gasteiger partial charge in [-0.05, 0) is 25.9 Å². The van der Waals surface area contributed by atoms with E-state index in [9.17, 15) is 18.0 Å². The first-order valence-electron chi connectivity index (χ1n) is 5.93. The van der Waals surface area contributed by atoms with E-state index >= 15 is 0 Å². The number of amides is 1. The van der Waals surface area contributed by atoms with Crippen molar-refractivity contribution >= 4 is 18.3 Å². The summed E-state index contributed by atoms with van der Waals surface area (Å²) in [6, 6.07) is 0. The summed E-state index contributed by atoms with van der Waals surface area (Å²) in [7, 11) is 0. The highest BCUT2D eigenvalue weighted by molar-refractivity contribution is 5.85. The van der Waals surface area contributed by atoms with Crippen LogP contribution in [0, 0.1) is 5.92 Å². The van der Waals surface area contributed by atoms with Crippen molar-refractivity contribution in [2.24, 2.45) is 5.92 Å². The van der Waals surface area contributed by atoms with E-state index in [1.807, 2.05) is 0 Å². The summed E-state index contributed by atoms with van der Waals surface area (Å²) in [4.78, 5) is 15.0. The maximum atomic E-state index is 12.3. The molecule has 2 rings (SSSR count). The average molecular weight is 314 g/mol. The molecule has 20 heavy (non-hydrogen) atoms. The molecule has 1 fully saturated rings. The summed E-state index contributed by atoms with van der Waals surface area (Å²) >= 11 is 0. The molecule has 1 aromatic rings. The zero-order chi connectivity index (χ0) is 13.9. The molecule has 0 bridgehead atoms. The first-order chi connectivity index (χ1) is 8.97. The lowest BCUT2D eigenvalue weighted by Gasteiger charge is -2.21. The second kappa shape index (κ2) is 6.89. The van der Waals surface area contributed by atoms with Gasteiger partial charge in [-0.1, -0.05) is 0 Å². The minimum Gasteiger partial charge on any atom is -0.349 e. The molecule has 0 atom stereocenters. The van der Waals surface area contributed by atoms with E-state index in [1.165, 1.54) is 0 Å². The number of aromatic amines is 1. The fraction of sp³-hybridized carbons (Fsp3) is 0.700. The zero-order valence-electron chi connectivity index (χ0n) is 10.5. The van der Waals surface area contributed by atoms with Crippen LogP contribution < -0.4 is 10.6 Å². The quantitative estimate of drug-likeness (QED) is 0.773. The second-order valence-corrected chi connectivity index (χ2v) is 4.35. The van der Waals surface area contributed by atoms with Crippen molar-refractivity contribution in [2.45, 2.75) is 25.6 Å². The number of aromatic nitrogens is 3. The number of H-pyrrole nitrogens is 1. The number of nitrogens with one attached hydrogen (secondary N) is 3. The Morgan fingerprint density at radius 3 is 2.55 bits per heavy atom.